The largest absolute Gasteiger partial charge is 0.480 e. The van der Waals surface area contributed by atoms with Crippen LogP contribution < -0.4 is 0 Å². The quantitative estimate of drug-likeness (QED) is 0.846. The van der Waals surface area contributed by atoms with Crippen molar-refractivity contribution in [1.82, 2.24) is 9.80 Å². The van der Waals surface area contributed by atoms with E-state index in [1.165, 1.54) is 30.6 Å². The Hall–Kier alpha value is -1.26. The van der Waals surface area contributed by atoms with E-state index in [-0.39, 0.29) is 6.03 Å². The van der Waals surface area contributed by atoms with Crippen LogP contribution in [0.15, 0.2) is 0 Å². The number of hydrogen-bond acceptors (Lipinski definition) is 2. The van der Waals surface area contributed by atoms with E-state index in [0.717, 1.165) is 19.4 Å². The average molecular weight is 282 g/mol. The molecular weight excluding hydrogens is 256 g/mol. The number of likely N-dealkylation sites (N-methyl/N-ethyl adjacent to an activating group) is 1. The molecule has 2 aliphatic rings. The monoisotopic (exact) mass is 282 g/mol. The van der Waals surface area contributed by atoms with E-state index in [1.54, 1.807) is 20.9 Å². The van der Waals surface area contributed by atoms with Gasteiger partial charge in [0.2, 0.25) is 0 Å². The topological polar surface area (TPSA) is 60.9 Å². The first-order valence-electron chi connectivity index (χ1n) is 7.63. The van der Waals surface area contributed by atoms with E-state index in [4.69, 9.17) is 0 Å². The summed E-state index contributed by atoms with van der Waals surface area (Å²) < 4.78 is 0. The second-order valence-corrected chi connectivity index (χ2v) is 6.65. The zero-order valence-electron chi connectivity index (χ0n) is 12.8. The van der Waals surface area contributed by atoms with Gasteiger partial charge in [0.15, 0.2) is 0 Å². The molecule has 1 saturated heterocycles. The number of carboxylic acids is 1. The molecule has 0 radical (unpaired) electrons. The molecule has 0 aromatic carbocycles. The fourth-order valence-electron chi connectivity index (χ4n) is 3.44. The summed E-state index contributed by atoms with van der Waals surface area (Å²) in [6, 6.07) is 0.186. The van der Waals surface area contributed by atoms with E-state index >= 15 is 0 Å². The first-order valence-corrected chi connectivity index (χ1v) is 7.63. The van der Waals surface area contributed by atoms with Crippen LogP contribution in [0.3, 0.4) is 0 Å². The van der Waals surface area contributed by atoms with Crippen LogP contribution in [0.4, 0.5) is 4.79 Å². The van der Waals surface area contributed by atoms with Crippen LogP contribution in [-0.2, 0) is 4.79 Å². The molecule has 2 rings (SSSR count). The summed E-state index contributed by atoms with van der Waals surface area (Å²) in [4.78, 5) is 27.3. The van der Waals surface area contributed by atoms with Gasteiger partial charge in [-0.25, -0.2) is 9.59 Å². The van der Waals surface area contributed by atoms with Crippen molar-refractivity contribution >= 4 is 12.0 Å². The summed E-state index contributed by atoms with van der Waals surface area (Å²) in [7, 11) is 1.60. The van der Waals surface area contributed by atoms with Gasteiger partial charge in [-0.2, -0.15) is 0 Å². The van der Waals surface area contributed by atoms with Gasteiger partial charge in [-0.3, -0.25) is 0 Å². The van der Waals surface area contributed by atoms with Crippen molar-refractivity contribution in [2.45, 2.75) is 64.0 Å². The third kappa shape index (κ3) is 2.63. The summed E-state index contributed by atoms with van der Waals surface area (Å²) >= 11 is 0. The highest BCUT2D eigenvalue weighted by Crippen LogP contribution is 2.36. The van der Waals surface area contributed by atoms with Crippen LogP contribution in [0.2, 0.25) is 0 Å². The smallest absolute Gasteiger partial charge is 0.329 e. The predicted octanol–water partition coefficient (Wildman–Crippen LogP) is 2.56. The number of carbonyl (C=O) groups is 2. The Morgan fingerprint density at radius 1 is 1.15 bits per heavy atom. The number of aliphatic carboxylic acids is 1. The molecule has 1 N–H and O–H groups in total. The molecule has 114 valence electrons. The molecule has 0 aromatic heterocycles. The van der Waals surface area contributed by atoms with Gasteiger partial charge < -0.3 is 14.9 Å². The van der Waals surface area contributed by atoms with Crippen LogP contribution in [0.25, 0.3) is 0 Å². The lowest BCUT2D eigenvalue weighted by molar-refractivity contribution is -0.147. The van der Waals surface area contributed by atoms with Gasteiger partial charge in [0.05, 0.1) is 0 Å². The summed E-state index contributed by atoms with van der Waals surface area (Å²) in [5.41, 5.74) is -1.17. The molecule has 2 atom stereocenters. The molecule has 0 bridgehead atoms. The van der Waals surface area contributed by atoms with Gasteiger partial charge in [-0.05, 0) is 45.4 Å². The minimum absolute atomic E-state index is 0.131. The summed E-state index contributed by atoms with van der Waals surface area (Å²) in [6.45, 7) is 3.92. The first kappa shape index (κ1) is 15.1. The lowest BCUT2D eigenvalue weighted by Crippen LogP contribution is -2.59. The van der Waals surface area contributed by atoms with Gasteiger partial charge in [0.1, 0.15) is 5.54 Å². The van der Waals surface area contributed by atoms with Crippen molar-refractivity contribution in [3.8, 4) is 0 Å². The van der Waals surface area contributed by atoms with E-state index in [9.17, 15) is 14.7 Å². The number of likely N-dealkylation sites (tertiary alicyclic amines) is 1. The Bertz CT molecular complexity index is 393. The van der Waals surface area contributed by atoms with Crippen LogP contribution in [0.1, 0.15) is 52.4 Å². The fraction of sp³-hybridized carbons (Fsp3) is 0.867. The average Bonchev–Trinajstić information content (AvgIpc) is 2.44. The van der Waals surface area contributed by atoms with Crippen LogP contribution >= 0.6 is 0 Å². The van der Waals surface area contributed by atoms with Crippen molar-refractivity contribution in [2.24, 2.45) is 5.92 Å². The minimum Gasteiger partial charge on any atom is -0.480 e. The molecule has 2 fully saturated rings. The van der Waals surface area contributed by atoms with E-state index in [2.05, 4.69) is 0 Å². The third-order valence-electron chi connectivity index (χ3n) is 5.14. The molecule has 2 unspecified atom stereocenters. The highest BCUT2D eigenvalue weighted by molar-refractivity contribution is 5.85. The number of carboxylic acid groups (broad SMARTS) is 1. The molecular formula is C15H26N2O3. The molecule has 2 amide bonds. The molecule has 1 aliphatic carbocycles. The van der Waals surface area contributed by atoms with Gasteiger partial charge in [-0.1, -0.05) is 12.8 Å². The Kier molecular flexibility index (Phi) is 4.25. The third-order valence-corrected chi connectivity index (χ3v) is 5.14. The lowest BCUT2D eigenvalue weighted by Gasteiger charge is -2.46. The van der Waals surface area contributed by atoms with Crippen LogP contribution in [0, 0.1) is 5.92 Å². The number of piperidine rings is 1. The number of hydrogen-bond donors (Lipinski definition) is 1. The maximum absolute atomic E-state index is 12.7. The molecule has 5 heteroatoms. The number of fused-ring (bicyclic) bond motifs is 1. The summed E-state index contributed by atoms with van der Waals surface area (Å²) in [6.07, 6.45) is 6.96. The normalized spacial score (nSPS) is 26.9. The van der Waals surface area contributed by atoms with Crippen molar-refractivity contribution < 1.29 is 14.7 Å². The lowest BCUT2D eigenvalue weighted by atomic mass is 9.78. The first-order chi connectivity index (χ1) is 9.35. The minimum atomic E-state index is -1.17. The van der Waals surface area contributed by atoms with E-state index in [0.29, 0.717) is 12.0 Å². The Balaban J connectivity index is 2.13. The summed E-state index contributed by atoms with van der Waals surface area (Å²) in [5.74, 6) is -0.353. The maximum Gasteiger partial charge on any atom is 0.329 e. The highest BCUT2D eigenvalue weighted by atomic mass is 16.4. The SMILES string of the molecule is CN(C(=O)N1CCCC2CCCCC21)C(C)(C)C(=O)O. The second kappa shape index (κ2) is 5.62. The van der Waals surface area contributed by atoms with E-state index < -0.39 is 11.5 Å². The number of amides is 2. The highest BCUT2D eigenvalue weighted by Gasteiger charge is 2.42. The number of nitrogens with zero attached hydrogens (tertiary/aromatic N) is 2. The fourth-order valence-corrected chi connectivity index (χ4v) is 3.44. The zero-order chi connectivity index (χ0) is 14.9. The van der Waals surface area contributed by atoms with Gasteiger partial charge in [0, 0.05) is 19.6 Å². The van der Waals surface area contributed by atoms with Crippen molar-refractivity contribution in [1.29, 1.82) is 0 Å². The molecule has 5 nitrogen and oxygen atoms in total. The van der Waals surface area contributed by atoms with Crippen LogP contribution in [0.5, 0.6) is 0 Å². The van der Waals surface area contributed by atoms with Gasteiger partial charge >= 0.3 is 12.0 Å². The molecule has 1 heterocycles. The van der Waals surface area contributed by atoms with Crippen molar-refractivity contribution in [2.75, 3.05) is 13.6 Å². The molecule has 1 saturated carbocycles. The zero-order valence-corrected chi connectivity index (χ0v) is 12.8. The Labute approximate surface area is 120 Å². The molecule has 0 spiro atoms. The Morgan fingerprint density at radius 2 is 1.75 bits per heavy atom. The standard InChI is InChI=1S/C15H26N2O3/c1-15(2,13(18)19)16(3)14(20)17-10-6-8-11-7-4-5-9-12(11)17/h11-12H,4-10H2,1-3H3,(H,18,19). The summed E-state index contributed by atoms with van der Waals surface area (Å²) in [5, 5.41) is 9.28. The van der Waals surface area contributed by atoms with Gasteiger partial charge in [-0.15, -0.1) is 0 Å². The predicted molar refractivity (Wildman–Crippen MR) is 76.6 cm³/mol. The van der Waals surface area contributed by atoms with E-state index in [1.807, 2.05) is 4.90 Å². The van der Waals surface area contributed by atoms with Crippen molar-refractivity contribution in [3.05, 3.63) is 0 Å². The number of carbonyl (C=O) groups excluding carboxylic acids is 1. The second-order valence-electron chi connectivity index (χ2n) is 6.65. The number of rotatable bonds is 2. The molecule has 0 aromatic rings. The van der Waals surface area contributed by atoms with Gasteiger partial charge in [0.25, 0.3) is 0 Å². The van der Waals surface area contributed by atoms with Crippen molar-refractivity contribution in [3.63, 3.8) is 0 Å². The number of urea groups is 1. The Morgan fingerprint density at radius 3 is 2.40 bits per heavy atom. The molecule has 20 heavy (non-hydrogen) atoms. The maximum atomic E-state index is 12.7. The van der Waals surface area contributed by atoms with Crippen LogP contribution in [-0.4, -0.2) is 52.1 Å². The molecule has 1 aliphatic heterocycles.